The molecular formula is C36H53N11O14. The van der Waals surface area contributed by atoms with E-state index in [4.69, 9.17) is 28.0 Å². The number of aliphatic imine (C=N–C) groups is 1. The van der Waals surface area contributed by atoms with Crippen LogP contribution in [0.2, 0.25) is 0 Å². The summed E-state index contributed by atoms with van der Waals surface area (Å²) in [6.07, 6.45) is -2.83. The molecule has 1 saturated heterocycles. The number of aliphatic hydroxyl groups excluding tert-OH is 1. The lowest BCUT2D eigenvalue weighted by Crippen LogP contribution is -2.60. The number of carbonyl (C=O) groups excluding carboxylic acids is 7. The van der Waals surface area contributed by atoms with Crippen LogP contribution in [0, 0.1) is 0 Å². The maximum atomic E-state index is 14.1. The third-order valence-corrected chi connectivity index (χ3v) is 9.16. The standard InChI is InChI=1S/C36H53N11O14/c37-19(15-28(52)53)29(54)44-23(16-26(38)49)33(58)43-21(10-11-27(50)51)31(56)45-22(14-18-6-2-1-3-7-18)32(57)42-20(8-4-12-41-36(39)40)30(55)46-24(17-48)34(59)47-13-5-9-25(47)35(60)61/h1-3,6-7,19-25,48H,4-5,8-17,37H2,(H2,38,49)(H,42,57)(H,43,58)(H,44,54)(H,45,56)(H,46,55)(H,50,51)(H,52,53)(H,60,61)(H4,39,40,41)/t19-,20-,21-,22-,23-,24-,25-/m0/s1. The number of carbonyl (C=O) groups is 10. The van der Waals surface area contributed by atoms with E-state index in [1.807, 2.05) is 0 Å². The molecule has 0 aromatic heterocycles. The number of amides is 7. The van der Waals surface area contributed by atoms with Gasteiger partial charge in [0.05, 0.1) is 25.5 Å². The van der Waals surface area contributed by atoms with Gasteiger partial charge in [-0.15, -0.1) is 0 Å². The molecule has 1 aliphatic heterocycles. The highest BCUT2D eigenvalue weighted by atomic mass is 16.4. The van der Waals surface area contributed by atoms with Crippen LogP contribution in [0.1, 0.15) is 56.9 Å². The molecule has 0 unspecified atom stereocenters. The van der Waals surface area contributed by atoms with Gasteiger partial charge in [-0.2, -0.15) is 0 Å². The van der Waals surface area contributed by atoms with Crippen LogP contribution in [0.25, 0.3) is 0 Å². The lowest BCUT2D eigenvalue weighted by Gasteiger charge is -2.29. The third-order valence-electron chi connectivity index (χ3n) is 9.16. The summed E-state index contributed by atoms with van der Waals surface area (Å²) in [7, 11) is 0. The highest BCUT2D eigenvalue weighted by Crippen LogP contribution is 2.19. The fourth-order valence-corrected chi connectivity index (χ4v) is 6.10. The molecule has 1 aromatic carbocycles. The quantitative estimate of drug-likeness (QED) is 0.0234. The Bertz CT molecular complexity index is 1790. The highest BCUT2D eigenvalue weighted by molar-refractivity contribution is 5.98. The molecule has 17 N–H and O–H groups in total. The molecule has 1 fully saturated rings. The van der Waals surface area contributed by atoms with Gasteiger partial charge in [0.1, 0.15) is 36.3 Å². The van der Waals surface area contributed by atoms with Gasteiger partial charge in [0, 0.05) is 25.9 Å². The molecule has 0 bridgehead atoms. The Balaban J connectivity index is 2.44. The third kappa shape index (κ3) is 17.5. The number of aliphatic carboxylic acids is 3. The van der Waals surface area contributed by atoms with E-state index in [1.165, 1.54) is 0 Å². The lowest BCUT2D eigenvalue weighted by atomic mass is 10.0. The maximum Gasteiger partial charge on any atom is 0.326 e. The predicted octanol–water partition coefficient (Wildman–Crippen LogP) is -5.68. The number of likely N-dealkylation sites (tertiary alicyclic amines) is 1. The van der Waals surface area contributed by atoms with Crippen LogP contribution < -0.4 is 49.5 Å². The fourth-order valence-electron chi connectivity index (χ4n) is 6.10. The Morgan fingerprint density at radius 3 is 1.79 bits per heavy atom. The van der Waals surface area contributed by atoms with Crippen molar-refractivity contribution in [3.63, 3.8) is 0 Å². The number of rotatable bonds is 26. The topological polar surface area (TPSA) is 431 Å². The van der Waals surface area contributed by atoms with Crippen molar-refractivity contribution in [3.05, 3.63) is 35.9 Å². The number of primary amides is 1. The summed E-state index contributed by atoms with van der Waals surface area (Å²) < 4.78 is 0. The van der Waals surface area contributed by atoms with Crippen LogP contribution in [-0.2, 0) is 54.4 Å². The molecule has 1 aliphatic rings. The van der Waals surface area contributed by atoms with E-state index in [-0.39, 0.29) is 44.7 Å². The van der Waals surface area contributed by atoms with Crippen molar-refractivity contribution in [1.29, 1.82) is 0 Å². The molecule has 2 rings (SSSR count). The molecule has 25 heteroatoms. The number of benzene rings is 1. The minimum atomic E-state index is -1.80. The fraction of sp³-hybridized carbons (Fsp3) is 0.528. The highest BCUT2D eigenvalue weighted by Gasteiger charge is 2.39. The minimum absolute atomic E-state index is 0.0176. The van der Waals surface area contributed by atoms with E-state index in [0.29, 0.717) is 12.0 Å². The van der Waals surface area contributed by atoms with Gasteiger partial charge in [-0.1, -0.05) is 30.3 Å². The van der Waals surface area contributed by atoms with Crippen LogP contribution >= 0.6 is 0 Å². The molecule has 336 valence electrons. The molecule has 0 saturated carbocycles. The van der Waals surface area contributed by atoms with E-state index < -0.39 is 134 Å². The average molecular weight is 864 g/mol. The van der Waals surface area contributed by atoms with E-state index in [9.17, 15) is 63.3 Å². The van der Waals surface area contributed by atoms with Gasteiger partial charge >= 0.3 is 17.9 Å². The van der Waals surface area contributed by atoms with Gasteiger partial charge < -0.3 is 74.8 Å². The first-order valence-corrected chi connectivity index (χ1v) is 19.0. The van der Waals surface area contributed by atoms with Crippen LogP contribution in [0.4, 0.5) is 0 Å². The van der Waals surface area contributed by atoms with Crippen LogP contribution in [0.5, 0.6) is 0 Å². The lowest BCUT2D eigenvalue weighted by molar-refractivity contribution is -0.150. The molecule has 0 radical (unpaired) electrons. The molecule has 0 aliphatic carbocycles. The molecule has 1 heterocycles. The van der Waals surface area contributed by atoms with Gasteiger partial charge in [0.2, 0.25) is 41.4 Å². The number of aliphatic hydroxyl groups is 1. The molecular weight excluding hydrogens is 810 g/mol. The Kier molecular flexibility index (Phi) is 20.5. The second-order valence-corrected chi connectivity index (χ2v) is 14.0. The zero-order chi connectivity index (χ0) is 45.8. The van der Waals surface area contributed by atoms with E-state index in [1.54, 1.807) is 30.3 Å². The number of guanidine groups is 1. The van der Waals surface area contributed by atoms with Gasteiger partial charge in [-0.25, -0.2) is 4.79 Å². The summed E-state index contributed by atoms with van der Waals surface area (Å²) in [5.41, 5.74) is 22.1. The van der Waals surface area contributed by atoms with Gasteiger partial charge in [0.25, 0.3) is 0 Å². The Morgan fingerprint density at radius 2 is 1.25 bits per heavy atom. The molecule has 0 spiro atoms. The number of hydrogen-bond acceptors (Lipinski definition) is 13. The monoisotopic (exact) mass is 863 g/mol. The number of carboxylic acid groups (broad SMARTS) is 3. The summed E-state index contributed by atoms with van der Waals surface area (Å²) in [5.74, 6) is -11.9. The number of carboxylic acids is 3. The molecule has 25 nitrogen and oxygen atoms in total. The van der Waals surface area contributed by atoms with Crippen molar-refractivity contribution in [1.82, 2.24) is 31.5 Å². The Labute approximate surface area is 348 Å². The molecule has 7 amide bonds. The van der Waals surface area contributed by atoms with Crippen molar-refractivity contribution >= 4 is 65.2 Å². The largest absolute Gasteiger partial charge is 0.481 e. The van der Waals surface area contributed by atoms with Crippen molar-refractivity contribution in [2.45, 2.75) is 100 Å². The Hall–Kier alpha value is -6.89. The Morgan fingerprint density at radius 1 is 0.705 bits per heavy atom. The molecule has 1 aromatic rings. The van der Waals surface area contributed by atoms with Crippen molar-refractivity contribution < 1.29 is 68.4 Å². The normalized spacial score (nSPS) is 16.2. The zero-order valence-corrected chi connectivity index (χ0v) is 33.0. The van der Waals surface area contributed by atoms with E-state index in [2.05, 4.69) is 31.6 Å². The summed E-state index contributed by atoms with van der Waals surface area (Å²) in [6, 6.07) is -2.94. The first-order chi connectivity index (χ1) is 28.7. The first-order valence-electron chi connectivity index (χ1n) is 19.0. The summed E-state index contributed by atoms with van der Waals surface area (Å²) in [4.78, 5) is 132. The smallest absolute Gasteiger partial charge is 0.326 e. The SMILES string of the molecule is NC(=O)C[C@H](NC(=O)[C@@H](N)CC(=O)O)C(=O)N[C@@H](CCC(=O)O)C(=O)N[C@@H](Cc1ccccc1)C(=O)N[C@@H](CCCN=C(N)N)C(=O)N[C@@H](CO)C(=O)N1CCC[C@H]1C(=O)O. The maximum absolute atomic E-state index is 14.1. The molecule has 7 atom stereocenters. The number of nitrogens with one attached hydrogen (secondary N) is 5. The van der Waals surface area contributed by atoms with Gasteiger partial charge in [-0.05, 0) is 37.7 Å². The van der Waals surface area contributed by atoms with Gasteiger partial charge in [-0.3, -0.25) is 48.1 Å². The van der Waals surface area contributed by atoms with Crippen molar-refractivity contribution in [2.75, 3.05) is 19.7 Å². The predicted molar refractivity (Wildman–Crippen MR) is 210 cm³/mol. The zero-order valence-electron chi connectivity index (χ0n) is 33.0. The number of nitrogens with zero attached hydrogens (tertiary/aromatic N) is 2. The number of hydrogen-bond donors (Lipinski definition) is 13. The average Bonchev–Trinajstić information content (AvgIpc) is 3.69. The summed E-state index contributed by atoms with van der Waals surface area (Å²) in [6.45, 7) is -0.898. The van der Waals surface area contributed by atoms with Gasteiger partial charge in [0.15, 0.2) is 5.96 Å². The van der Waals surface area contributed by atoms with Crippen molar-refractivity contribution in [3.8, 4) is 0 Å². The van der Waals surface area contributed by atoms with E-state index in [0.717, 1.165) is 4.90 Å². The summed E-state index contributed by atoms with van der Waals surface area (Å²) >= 11 is 0. The van der Waals surface area contributed by atoms with Crippen molar-refractivity contribution in [2.24, 2.45) is 27.9 Å². The number of nitrogens with two attached hydrogens (primary N) is 4. The van der Waals surface area contributed by atoms with Crippen LogP contribution in [0.15, 0.2) is 35.3 Å². The van der Waals surface area contributed by atoms with Crippen LogP contribution in [-0.4, -0.2) is 153 Å². The summed E-state index contributed by atoms with van der Waals surface area (Å²) in [5, 5.41) is 49.6. The van der Waals surface area contributed by atoms with E-state index >= 15 is 0 Å². The van der Waals surface area contributed by atoms with Crippen LogP contribution in [0.3, 0.4) is 0 Å². The first kappa shape index (κ1) is 50.3. The second kappa shape index (κ2) is 24.9. The second-order valence-electron chi connectivity index (χ2n) is 14.0. The minimum Gasteiger partial charge on any atom is -0.481 e. The molecule has 61 heavy (non-hydrogen) atoms.